The number of carbonyl (C=O) groups is 2. The number of hydrogen-bond donors (Lipinski definition) is 0. The van der Waals surface area contributed by atoms with E-state index in [0.717, 1.165) is 31.6 Å². The molecule has 1 aromatic rings. The SMILES string of the molecule is CN1CC2(CCN(CC(=O)N3CCc4ccccc43)C2)OC1=O. The predicted molar refractivity (Wildman–Crippen MR) is 85.4 cm³/mol. The van der Waals surface area contributed by atoms with Crippen LogP contribution in [0.5, 0.6) is 0 Å². The quantitative estimate of drug-likeness (QED) is 0.820. The van der Waals surface area contributed by atoms with Gasteiger partial charge in [0, 0.05) is 38.8 Å². The van der Waals surface area contributed by atoms with Crippen molar-refractivity contribution >= 4 is 17.7 Å². The summed E-state index contributed by atoms with van der Waals surface area (Å²) in [5.74, 6) is 0.129. The van der Waals surface area contributed by atoms with Crippen LogP contribution < -0.4 is 4.90 Å². The molecule has 1 unspecified atom stereocenters. The third-order valence-electron chi connectivity index (χ3n) is 5.08. The van der Waals surface area contributed by atoms with Gasteiger partial charge in [-0.15, -0.1) is 0 Å². The van der Waals surface area contributed by atoms with E-state index in [1.54, 1.807) is 11.9 Å². The van der Waals surface area contributed by atoms with E-state index in [-0.39, 0.29) is 12.0 Å². The highest BCUT2D eigenvalue weighted by Gasteiger charge is 2.48. The smallest absolute Gasteiger partial charge is 0.410 e. The fourth-order valence-corrected chi connectivity index (χ4v) is 3.94. The molecule has 0 bridgehead atoms. The van der Waals surface area contributed by atoms with Crippen LogP contribution in [0.15, 0.2) is 24.3 Å². The highest BCUT2D eigenvalue weighted by molar-refractivity contribution is 5.96. The Morgan fingerprint density at radius 1 is 1.26 bits per heavy atom. The van der Waals surface area contributed by atoms with Gasteiger partial charge in [-0.05, 0) is 18.1 Å². The molecule has 4 rings (SSSR count). The minimum absolute atomic E-state index is 0.129. The molecule has 0 aliphatic carbocycles. The second-order valence-electron chi connectivity index (χ2n) is 6.79. The van der Waals surface area contributed by atoms with Gasteiger partial charge in [-0.25, -0.2) is 4.79 Å². The summed E-state index contributed by atoms with van der Waals surface area (Å²) in [6, 6.07) is 8.09. The number of nitrogens with zero attached hydrogens (tertiary/aromatic N) is 3. The lowest BCUT2D eigenvalue weighted by Crippen LogP contribution is -2.42. The number of fused-ring (bicyclic) bond motifs is 1. The molecule has 1 atom stereocenters. The highest BCUT2D eigenvalue weighted by atomic mass is 16.6. The Kier molecular flexibility index (Phi) is 3.30. The Morgan fingerprint density at radius 3 is 2.87 bits per heavy atom. The van der Waals surface area contributed by atoms with E-state index in [1.165, 1.54) is 5.56 Å². The van der Waals surface area contributed by atoms with E-state index in [0.29, 0.717) is 19.6 Å². The summed E-state index contributed by atoms with van der Waals surface area (Å²) in [7, 11) is 1.76. The maximum Gasteiger partial charge on any atom is 0.410 e. The first-order valence-corrected chi connectivity index (χ1v) is 8.11. The van der Waals surface area contributed by atoms with E-state index in [4.69, 9.17) is 4.74 Å². The molecule has 0 saturated carbocycles. The highest BCUT2D eigenvalue weighted by Crippen LogP contribution is 2.32. The molecule has 1 spiro atoms. The molecule has 23 heavy (non-hydrogen) atoms. The summed E-state index contributed by atoms with van der Waals surface area (Å²) in [6.07, 6.45) is 1.47. The zero-order chi connectivity index (χ0) is 16.0. The number of carbonyl (C=O) groups excluding carboxylic acids is 2. The fraction of sp³-hybridized carbons (Fsp3) is 0.529. The third-order valence-corrected chi connectivity index (χ3v) is 5.08. The molecular formula is C17H21N3O3. The zero-order valence-electron chi connectivity index (χ0n) is 13.3. The van der Waals surface area contributed by atoms with E-state index in [1.807, 2.05) is 23.1 Å². The number of benzene rings is 1. The molecule has 6 nitrogen and oxygen atoms in total. The van der Waals surface area contributed by atoms with Crippen molar-refractivity contribution in [1.82, 2.24) is 9.80 Å². The van der Waals surface area contributed by atoms with Gasteiger partial charge in [-0.2, -0.15) is 0 Å². The normalized spacial score (nSPS) is 26.9. The van der Waals surface area contributed by atoms with Crippen LogP contribution in [0.3, 0.4) is 0 Å². The average molecular weight is 315 g/mol. The van der Waals surface area contributed by atoms with Crippen molar-refractivity contribution in [3.05, 3.63) is 29.8 Å². The summed E-state index contributed by atoms with van der Waals surface area (Å²) in [4.78, 5) is 29.9. The van der Waals surface area contributed by atoms with Gasteiger partial charge < -0.3 is 14.5 Å². The van der Waals surface area contributed by atoms with Gasteiger partial charge in [-0.1, -0.05) is 18.2 Å². The summed E-state index contributed by atoms with van der Waals surface area (Å²) >= 11 is 0. The lowest BCUT2D eigenvalue weighted by molar-refractivity contribution is -0.119. The first-order valence-electron chi connectivity index (χ1n) is 8.11. The number of ether oxygens (including phenoxy) is 1. The largest absolute Gasteiger partial charge is 0.439 e. The summed E-state index contributed by atoms with van der Waals surface area (Å²) in [6.45, 7) is 3.20. The molecule has 2 saturated heterocycles. The molecule has 0 N–H and O–H groups in total. The van der Waals surface area contributed by atoms with Crippen LogP contribution in [0, 0.1) is 0 Å². The molecule has 2 fully saturated rings. The minimum atomic E-state index is -0.422. The van der Waals surface area contributed by atoms with Crippen molar-refractivity contribution in [3.8, 4) is 0 Å². The van der Waals surface area contributed by atoms with Crippen LogP contribution in [-0.2, 0) is 16.0 Å². The van der Waals surface area contributed by atoms with Crippen molar-refractivity contribution in [1.29, 1.82) is 0 Å². The maximum absolute atomic E-state index is 12.7. The van der Waals surface area contributed by atoms with Crippen molar-refractivity contribution in [2.75, 3.05) is 44.7 Å². The monoisotopic (exact) mass is 315 g/mol. The van der Waals surface area contributed by atoms with Crippen molar-refractivity contribution in [2.24, 2.45) is 0 Å². The van der Waals surface area contributed by atoms with Crippen molar-refractivity contribution < 1.29 is 14.3 Å². The van der Waals surface area contributed by atoms with Crippen LogP contribution >= 0.6 is 0 Å². The molecule has 1 aromatic carbocycles. The molecule has 0 radical (unpaired) electrons. The lowest BCUT2D eigenvalue weighted by Gasteiger charge is -2.24. The Labute approximate surface area is 135 Å². The summed E-state index contributed by atoms with van der Waals surface area (Å²) < 4.78 is 5.54. The fourth-order valence-electron chi connectivity index (χ4n) is 3.94. The summed E-state index contributed by atoms with van der Waals surface area (Å²) in [5.41, 5.74) is 1.86. The predicted octanol–water partition coefficient (Wildman–Crippen LogP) is 1.10. The van der Waals surface area contributed by atoms with Crippen molar-refractivity contribution in [3.63, 3.8) is 0 Å². The van der Waals surface area contributed by atoms with Gasteiger partial charge in [0.2, 0.25) is 5.91 Å². The summed E-state index contributed by atoms with van der Waals surface area (Å²) in [5, 5.41) is 0. The Bertz CT molecular complexity index is 662. The van der Waals surface area contributed by atoms with Gasteiger partial charge >= 0.3 is 6.09 Å². The van der Waals surface area contributed by atoms with E-state index in [2.05, 4.69) is 11.0 Å². The van der Waals surface area contributed by atoms with Gasteiger partial charge in [0.1, 0.15) is 5.60 Å². The second-order valence-corrected chi connectivity index (χ2v) is 6.79. The standard InChI is InChI=1S/C17H21N3O3/c1-18-11-17(23-16(18)22)7-9-19(12-17)10-15(21)20-8-6-13-4-2-3-5-14(13)20/h2-5H,6-12H2,1H3. The van der Waals surface area contributed by atoms with E-state index >= 15 is 0 Å². The number of hydrogen-bond acceptors (Lipinski definition) is 4. The first-order chi connectivity index (χ1) is 11.1. The van der Waals surface area contributed by atoms with Crippen LogP contribution in [0.25, 0.3) is 0 Å². The van der Waals surface area contributed by atoms with Crippen LogP contribution in [0.4, 0.5) is 10.5 Å². The molecule has 3 aliphatic heterocycles. The molecule has 6 heteroatoms. The Morgan fingerprint density at radius 2 is 2.09 bits per heavy atom. The third kappa shape index (κ3) is 2.47. The van der Waals surface area contributed by atoms with Gasteiger partial charge in [0.05, 0.1) is 13.1 Å². The lowest BCUT2D eigenvalue weighted by atomic mass is 10.0. The van der Waals surface area contributed by atoms with E-state index in [9.17, 15) is 9.59 Å². The van der Waals surface area contributed by atoms with Crippen LogP contribution in [0.2, 0.25) is 0 Å². The average Bonchev–Trinajstić information content (AvgIpc) is 3.18. The number of para-hydroxylation sites is 1. The molecule has 3 aliphatic rings. The van der Waals surface area contributed by atoms with Crippen LogP contribution in [-0.4, -0.2) is 67.2 Å². The topological polar surface area (TPSA) is 53.1 Å². The molecule has 122 valence electrons. The molecule has 2 amide bonds. The molecular weight excluding hydrogens is 294 g/mol. The molecule has 0 aromatic heterocycles. The number of likely N-dealkylation sites (N-methyl/N-ethyl adjacent to an activating group) is 1. The Hall–Kier alpha value is -2.08. The van der Waals surface area contributed by atoms with Gasteiger partial charge in [0.15, 0.2) is 0 Å². The van der Waals surface area contributed by atoms with Gasteiger partial charge in [-0.3, -0.25) is 9.69 Å². The first kappa shape index (κ1) is 14.5. The minimum Gasteiger partial charge on any atom is -0.439 e. The van der Waals surface area contributed by atoms with Crippen molar-refractivity contribution in [2.45, 2.75) is 18.4 Å². The molecule has 3 heterocycles. The Balaban J connectivity index is 1.40. The second kappa shape index (κ2) is 5.23. The van der Waals surface area contributed by atoms with Crippen LogP contribution in [0.1, 0.15) is 12.0 Å². The van der Waals surface area contributed by atoms with E-state index < -0.39 is 5.60 Å². The number of anilines is 1. The number of rotatable bonds is 2. The zero-order valence-corrected chi connectivity index (χ0v) is 13.3. The van der Waals surface area contributed by atoms with Gasteiger partial charge in [0.25, 0.3) is 0 Å². The number of likely N-dealkylation sites (tertiary alicyclic amines) is 1. The number of amides is 2. The maximum atomic E-state index is 12.7.